The third-order valence-electron chi connectivity index (χ3n) is 4.15. The van der Waals surface area contributed by atoms with Gasteiger partial charge in [0, 0.05) is 5.56 Å². The predicted octanol–water partition coefficient (Wildman–Crippen LogP) is 5.67. The van der Waals surface area contributed by atoms with E-state index in [1.807, 2.05) is 31.2 Å². The van der Waals surface area contributed by atoms with Gasteiger partial charge in [0.05, 0.1) is 13.7 Å². The van der Waals surface area contributed by atoms with Crippen LogP contribution in [-0.2, 0) is 0 Å². The van der Waals surface area contributed by atoms with E-state index in [0.29, 0.717) is 35.2 Å². The van der Waals surface area contributed by atoms with Crippen LogP contribution in [0.15, 0.2) is 60.7 Å². The summed E-state index contributed by atoms with van der Waals surface area (Å²) in [5.41, 5.74) is 3.94. The average molecular weight is 362 g/mol. The number of ether oxygens (including phenoxy) is 3. The van der Waals surface area contributed by atoms with Crippen LogP contribution in [0.1, 0.15) is 22.8 Å². The first-order valence-electron chi connectivity index (χ1n) is 8.79. The van der Waals surface area contributed by atoms with Gasteiger partial charge >= 0.3 is 0 Å². The molecular formula is C23H22O4. The van der Waals surface area contributed by atoms with Crippen molar-refractivity contribution in [2.75, 3.05) is 13.7 Å². The van der Waals surface area contributed by atoms with Crippen molar-refractivity contribution in [3.63, 3.8) is 0 Å². The van der Waals surface area contributed by atoms with Gasteiger partial charge in [-0.3, -0.25) is 4.79 Å². The summed E-state index contributed by atoms with van der Waals surface area (Å²) in [4.78, 5) is 11.2. The highest BCUT2D eigenvalue weighted by Gasteiger charge is 2.15. The predicted molar refractivity (Wildman–Crippen MR) is 106 cm³/mol. The molecule has 0 heterocycles. The highest BCUT2D eigenvalue weighted by molar-refractivity contribution is 5.78. The fourth-order valence-corrected chi connectivity index (χ4v) is 2.77. The molecule has 0 spiro atoms. The van der Waals surface area contributed by atoms with Crippen LogP contribution in [-0.4, -0.2) is 20.0 Å². The van der Waals surface area contributed by atoms with Gasteiger partial charge < -0.3 is 14.2 Å². The van der Waals surface area contributed by atoms with E-state index >= 15 is 0 Å². The number of aldehydes is 1. The Morgan fingerprint density at radius 1 is 0.889 bits per heavy atom. The molecule has 3 rings (SSSR count). The lowest BCUT2D eigenvalue weighted by atomic mass is 10.0. The van der Waals surface area contributed by atoms with E-state index in [-0.39, 0.29) is 0 Å². The second-order valence-corrected chi connectivity index (χ2v) is 6.09. The topological polar surface area (TPSA) is 44.8 Å². The largest absolute Gasteiger partial charge is 0.493 e. The van der Waals surface area contributed by atoms with Crippen molar-refractivity contribution < 1.29 is 19.0 Å². The van der Waals surface area contributed by atoms with Crippen molar-refractivity contribution in [2.24, 2.45) is 0 Å². The first-order chi connectivity index (χ1) is 13.1. The normalized spacial score (nSPS) is 10.3. The van der Waals surface area contributed by atoms with Crippen molar-refractivity contribution in [1.29, 1.82) is 0 Å². The third-order valence-corrected chi connectivity index (χ3v) is 4.15. The summed E-state index contributed by atoms with van der Waals surface area (Å²) in [5, 5.41) is 0. The molecule has 0 atom stereocenters. The van der Waals surface area contributed by atoms with Crippen molar-refractivity contribution >= 4 is 6.29 Å². The van der Waals surface area contributed by atoms with Gasteiger partial charge in [0.25, 0.3) is 0 Å². The molecule has 3 aromatic rings. The molecule has 138 valence electrons. The minimum atomic E-state index is 0.446. The number of rotatable bonds is 7. The Balaban J connectivity index is 1.90. The highest BCUT2D eigenvalue weighted by atomic mass is 16.5. The maximum atomic E-state index is 11.2. The molecule has 27 heavy (non-hydrogen) atoms. The Labute approximate surface area is 159 Å². The number of benzene rings is 3. The van der Waals surface area contributed by atoms with Gasteiger partial charge in [-0.25, -0.2) is 0 Å². The first kappa shape index (κ1) is 18.5. The fourth-order valence-electron chi connectivity index (χ4n) is 2.77. The Morgan fingerprint density at radius 3 is 2.04 bits per heavy atom. The molecule has 0 fully saturated rings. The minimum Gasteiger partial charge on any atom is -0.493 e. The Kier molecular flexibility index (Phi) is 5.77. The molecule has 0 aromatic heterocycles. The fraction of sp³-hybridized carbons (Fsp3) is 0.174. The zero-order chi connectivity index (χ0) is 19.2. The minimum absolute atomic E-state index is 0.446. The van der Waals surface area contributed by atoms with Crippen molar-refractivity contribution in [1.82, 2.24) is 0 Å². The van der Waals surface area contributed by atoms with Gasteiger partial charge in [-0.05, 0) is 49.2 Å². The second kappa shape index (κ2) is 8.41. The molecule has 0 aliphatic heterocycles. The lowest BCUT2D eigenvalue weighted by molar-refractivity contribution is 0.112. The lowest BCUT2D eigenvalue weighted by Gasteiger charge is -2.15. The van der Waals surface area contributed by atoms with Gasteiger partial charge in [0.1, 0.15) is 12.0 Å². The Bertz CT molecular complexity index is 912. The summed E-state index contributed by atoms with van der Waals surface area (Å²) in [5.74, 6) is 2.04. The van der Waals surface area contributed by atoms with Crippen LogP contribution in [0, 0.1) is 6.92 Å². The molecule has 4 nitrogen and oxygen atoms in total. The van der Waals surface area contributed by atoms with E-state index in [1.54, 1.807) is 12.1 Å². The van der Waals surface area contributed by atoms with Crippen LogP contribution in [0.4, 0.5) is 0 Å². The molecule has 0 aliphatic carbocycles. The summed E-state index contributed by atoms with van der Waals surface area (Å²) in [6.07, 6.45) is 0.756. The second-order valence-electron chi connectivity index (χ2n) is 6.09. The van der Waals surface area contributed by atoms with Crippen molar-refractivity contribution in [3.05, 3.63) is 71.8 Å². The summed E-state index contributed by atoms with van der Waals surface area (Å²) < 4.78 is 17.0. The zero-order valence-electron chi connectivity index (χ0n) is 15.7. The molecule has 0 N–H and O–H groups in total. The number of hydrogen-bond acceptors (Lipinski definition) is 4. The van der Waals surface area contributed by atoms with E-state index < -0.39 is 0 Å². The summed E-state index contributed by atoms with van der Waals surface area (Å²) in [6, 6.07) is 19.4. The smallest absolute Gasteiger partial charge is 0.204 e. The quantitative estimate of drug-likeness (QED) is 0.508. The molecular weight excluding hydrogens is 340 g/mol. The van der Waals surface area contributed by atoms with Gasteiger partial charge in [0.2, 0.25) is 5.75 Å². The molecule has 0 aliphatic rings. The molecule has 0 unspecified atom stereocenters. The van der Waals surface area contributed by atoms with E-state index in [4.69, 9.17) is 14.2 Å². The summed E-state index contributed by atoms with van der Waals surface area (Å²) >= 11 is 0. The molecule has 3 aromatic carbocycles. The average Bonchev–Trinajstić information content (AvgIpc) is 2.70. The number of aryl methyl sites for hydroxylation is 1. The molecule has 0 radical (unpaired) electrons. The molecule has 0 saturated carbocycles. The Hall–Kier alpha value is -3.27. The van der Waals surface area contributed by atoms with E-state index in [0.717, 1.165) is 17.4 Å². The van der Waals surface area contributed by atoms with Gasteiger partial charge in [-0.2, -0.15) is 0 Å². The van der Waals surface area contributed by atoms with Crippen LogP contribution < -0.4 is 14.2 Å². The molecule has 4 heteroatoms. The monoisotopic (exact) mass is 362 g/mol. The van der Waals surface area contributed by atoms with Crippen LogP contribution in [0.2, 0.25) is 0 Å². The SMILES string of the molecule is CCOc1c(OC)cc(C=O)cc1Oc1ccc(-c2ccc(C)cc2)cc1. The maximum absolute atomic E-state index is 11.2. The molecule has 0 bridgehead atoms. The summed E-state index contributed by atoms with van der Waals surface area (Å²) in [7, 11) is 1.53. The van der Waals surface area contributed by atoms with Crippen molar-refractivity contribution in [2.45, 2.75) is 13.8 Å². The van der Waals surface area contributed by atoms with Gasteiger partial charge in [-0.1, -0.05) is 42.0 Å². The molecule has 0 amide bonds. The van der Waals surface area contributed by atoms with E-state index in [1.165, 1.54) is 12.7 Å². The third kappa shape index (κ3) is 4.29. The number of hydrogen-bond donors (Lipinski definition) is 0. The zero-order valence-corrected chi connectivity index (χ0v) is 15.7. The number of carbonyl (C=O) groups is 1. The van der Waals surface area contributed by atoms with Crippen LogP contribution in [0.25, 0.3) is 11.1 Å². The van der Waals surface area contributed by atoms with E-state index in [9.17, 15) is 4.79 Å². The van der Waals surface area contributed by atoms with Crippen molar-refractivity contribution in [3.8, 4) is 34.1 Å². The van der Waals surface area contributed by atoms with Crippen LogP contribution in [0.5, 0.6) is 23.0 Å². The lowest BCUT2D eigenvalue weighted by Crippen LogP contribution is -1.99. The van der Waals surface area contributed by atoms with Crippen LogP contribution in [0.3, 0.4) is 0 Å². The molecule has 0 saturated heterocycles. The summed E-state index contributed by atoms with van der Waals surface area (Å²) in [6.45, 7) is 4.41. The number of methoxy groups -OCH3 is 1. The first-order valence-corrected chi connectivity index (χ1v) is 8.79. The van der Waals surface area contributed by atoms with E-state index in [2.05, 4.69) is 31.2 Å². The maximum Gasteiger partial charge on any atom is 0.204 e. The van der Waals surface area contributed by atoms with Crippen LogP contribution >= 0.6 is 0 Å². The van der Waals surface area contributed by atoms with Gasteiger partial charge in [-0.15, -0.1) is 0 Å². The highest BCUT2D eigenvalue weighted by Crippen LogP contribution is 2.41. The Morgan fingerprint density at radius 2 is 1.48 bits per heavy atom. The standard InChI is InChI=1S/C23H22O4/c1-4-26-23-21(25-3)13-17(15-24)14-22(23)27-20-11-9-19(10-12-20)18-7-5-16(2)6-8-18/h5-15H,4H2,1-3H3. The van der Waals surface area contributed by atoms with Gasteiger partial charge in [0.15, 0.2) is 11.5 Å². The number of carbonyl (C=O) groups excluding carboxylic acids is 1.